The molecule has 100 valence electrons. The summed E-state index contributed by atoms with van der Waals surface area (Å²) < 4.78 is 0.548. The maximum Gasteiger partial charge on any atom is 0.306 e. The van der Waals surface area contributed by atoms with Crippen LogP contribution >= 0.6 is 15.9 Å². The summed E-state index contributed by atoms with van der Waals surface area (Å²) in [5, 5.41) is 18.2. The molecule has 2 N–H and O–H groups in total. The van der Waals surface area contributed by atoms with Crippen molar-refractivity contribution >= 4 is 39.3 Å². The molecule has 2 rings (SSSR count). The van der Waals surface area contributed by atoms with Crippen molar-refractivity contribution in [3.8, 4) is 0 Å². The summed E-state index contributed by atoms with van der Waals surface area (Å²) in [7, 11) is 0. The number of hydrogen-bond donors (Lipinski definition) is 2. The highest BCUT2D eigenvalue weighted by Gasteiger charge is 2.38. The fourth-order valence-electron chi connectivity index (χ4n) is 1.96. The summed E-state index contributed by atoms with van der Waals surface area (Å²) in [6.07, 6.45) is -1.72. The Morgan fingerprint density at radius 1 is 1.37 bits per heavy atom. The number of rotatable bonds is 4. The molecule has 0 fully saturated rings. The molecule has 1 heterocycles. The van der Waals surface area contributed by atoms with Crippen molar-refractivity contribution in [2.24, 2.45) is 0 Å². The molecule has 19 heavy (non-hydrogen) atoms. The lowest BCUT2D eigenvalue weighted by Gasteiger charge is -2.20. The van der Waals surface area contributed by atoms with Gasteiger partial charge in [0.15, 0.2) is 0 Å². The average Bonchev–Trinajstić information content (AvgIpc) is 2.55. The number of carbonyl (C=O) groups excluding carboxylic acids is 2. The Bertz CT molecular complexity index is 571. The van der Waals surface area contributed by atoms with Crippen LogP contribution in [0.25, 0.3) is 0 Å². The van der Waals surface area contributed by atoms with Gasteiger partial charge in [-0.25, -0.2) is 0 Å². The third kappa shape index (κ3) is 2.52. The first-order chi connectivity index (χ1) is 8.91. The maximum atomic E-state index is 11.8. The summed E-state index contributed by atoms with van der Waals surface area (Å²) in [5.41, 5.74) is 0.629. The molecular weight excluding hydrogens is 318 g/mol. The van der Waals surface area contributed by atoms with E-state index in [-0.39, 0.29) is 12.1 Å². The van der Waals surface area contributed by atoms with Crippen molar-refractivity contribution in [2.45, 2.75) is 12.5 Å². The van der Waals surface area contributed by atoms with Crippen LogP contribution in [-0.2, 0) is 9.59 Å². The number of amides is 1. The van der Waals surface area contributed by atoms with Gasteiger partial charge < -0.3 is 15.1 Å². The number of carboxylic acids is 1. The van der Waals surface area contributed by atoms with Gasteiger partial charge in [-0.2, -0.15) is 0 Å². The second-order valence-corrected chi connectivity index (χ2v) is 4.99. The molecule has 0 aliphatic carbocycles. The predicted octanol–water partition coefficient (Wildman–Crippen LogP) is 0.814. The number of aliphatic carboxylic acids is 1. The fraction of sp³-hybridized carbons (Fsp3) is 0.250. The maximum absolute atomic E-state index is 11.8. The van der Waals surface area contributed by atoms with E-state index in [0.29, 0.717) is 10.2 Å². The zero-order valence-electron chi connectivity index (χ0n) is 9.67. The molecule has 1 aromatic rings. The highest BCUT2D eigenvalue weighted by molar-refractivity contribution is 9.10. The fourth-order valence-corrected chi connectivity index (χ4v) is 2.54. The molecule has 1 atom stereocenters. The molecule has 1 amide bonds. The number of ketones is 1. The van der Waals surface area contributed by atoms with Crippen LogP contribution in [0.5, 0.6) is 0 Å². The van der Waals surface area contributed by atoms with Gasteiger partial charge in [0.2, 0.25) is 0 Å². The van der Waals surface area contributed by atoms with Gasteiger partial charge in [-0.3, -0.25) is 14.4 Å². The average molecular weight is 328 g/mol. The molecule has 0 saturated heterocycles. The number of para-hydroxylation sites is 1. The van der Waals surface area contributed by atoms with Crippen LogP contribution in [0.3, 0.4) is 0 Å². The van der Waals surface area contributed by atoms with Gasteiger partial charge in [-0.05, 0) is 28.1 Å². The van der Waals surface area contributed by atoms with E-state index in [1.165, 1.54) is 6.07 Å². The van der Waals surface area contributed by atoms with Gasteiger partial charge in [-0.15, -0.1) is 0 Å². The molecule has 0 spiro atoms. The number of halogens is 1. The van der Waals surface area contributed by atoms with Crippen molar-refractivity contribution in [1.29, 1.82) is 0 Å². The number of fused-ring (bicyclic) bond motifs is 1. The SMILES string of the molecule is O=C(O)CC(O)CN1C(=O)C(=O)c2cccc(Br)c21. The van der Waals surface area contributed by atoms with E-state index < -0.39 is 30.2 Å². The monoisotopic (exact) mass is 327 g/mol. The van der Waals surface area contributed by atoms with E-state index >= 15 is 0 Å². The molecule has 7 heteroatoms. The van der Waals surface area contributed by atoms with Gasteiger partial charge in [0, 0.05) is 4.47 Å². The summed E-state index contributed by atoms with van der Waals surface area (Å²) >= 11 is 3.24. The van der Waals surface area contributed by atoms with Crippen LogP contribution in [0.2, 0.25) is 0 Å². The number of benzene rings is 1. The van der Waals surface area contributed by atoms with Crippen LogP contribution in [0, 0.1) is 0 Å². The first kappa shape index (κ1) is 13.7. The summed E-state index contributed by atoms with van der Waals surface area (Å²) in [4.78, 5) is 35.2. The number of β-amino-alcohol motifs (C(OH)–C–C–N with tert-alkyl or cyclic N) is 1. The summed E-state index contributed by atoms with van der Waals surface area (Å²) in [5.74, 6) is -2.58. The van der Waals surface area contributed by atoms with Gasteiger partial charge in [0.05, 0.1) is 30.3 Å². The number of carbonyl (C=O) groups is 3. The van der Waals surface area contributed by atoms with E-state index in [1.54, 1.807) is 12.1 Å². The number of aliphatic hydroxyl groups is 1. The molecule has 0 bridgehead atoms. The Morgan fingerprint density at radius 2 is 2.05 bits per heavy atom. The van der Waals surface area contributed by atoms with Crippen LogP contribution in [-0.4, -0.2) is 40.5 Å². The molecule has 1 aromatic carbocycles. The normalized spacial score (nSPS) is 15.6. The van der Waals surface area contributed by atoms with Gasteiger partial charge in [0.25, 0.3) is 11.7 Å². The van der Waals surface area contributed by atoms with Gasteiger partial charge in [0.1, 0.15) is 0 Å². The molecule has 1 aliphatic rings. The highest BCUT2D eigenvalue weighted by atomic mass is 79.9. The Labute approximate surface area is 116 Å². The number of carboxylic acid groups (broad SMARTS) is 1. The zero-order chi connectivity index (χ0) is 14.2. The summed E-state index contributed by atoms with van der Waals surface area (Å²) in [6.45, 7) is -0.230. The standard InChI is InChI=1S/C12H10BrNO5/c13-8-3-1-2-7-10(8)14(12(19)11(7)18)5-6(15)4-9(16)17/h1-3,6,15H,4-5H2,(H,16,17). The number of Topliss-reactive ketones (excluding diaryl/α,β-unsaturated/α-hetero) is 1. The summed E-state index contributed by atoms with van der Waals surface area (Å²) in [6, 6.07) is 4.82. The lowest BCUT2D eigenvalue weighted by molar-refractivity contribution is -0.139. The van der Waals surface area contributed by atoms with E-state index in [2.05, 4.69) is 15.9 Å². The van der Waals surface area contributed by atoms with Crippen molar-refractivity contribution < 1.29 is 24.6 Å². The first-order valence-electron chi connectivity index (χ1n) is 5.46. The third-order valence-electron chi connectivity index (χ3n) is 2.74. The topological polar surface area (TPSA) is 94.9 Å². The predicted molar refractivity (Wildman–Crippen MR) is 69.1 cm³/mol. The quantitative estimate of drug-likeness (QED) is 0.798. The molecule has 6 nitrogen and oxygen atoms in total. The Morgan fingerprint density at radius 3 is 2.68 bits per heavy atom. The van der Waals surface area contributed by atoms with Crippen LogP contribution in [0.15, 0.2) is 22.7 Å². The minimum atomic E-state index is -1.23. The molecular formula is C12H10BrNO5. The van der Waals surface area contributed by atoms with Crippen molar-refractivity contribution in [1.82, 2.24) is 0 Å². The molecule has 0 radical (unpaired) electrons. The Hall–Kier alpha value is -1.73. The highest BCUT2D eigenvalue weighted by Crippen LogP contribution is 2.35. The minimum absolute atomic E-state index is 0.230. The lowest BCUT2D eigenvalue weighted by Crippen LogP contribution is -2.37. The van der Waals surface area contributed by atoms with Crippen LogP contribution < -0.4 is 4.90 Å². The first-order valence-corrected chi connectivity index (χ1v) is 6.25. The third-order valence-corrected chi connectivity index (χ3v) is 3.38. The molecule has 0 saturated carbocycles. The second kappa shape index (κ2) is 5.10. The van der Waals surface area contributed by atoms with Crippen molar-refractivity contribution in [3.05, 3.63) is 28.2 Å². The van der Waals surface area contributed by atoms with Crippen LogP contribution in [0.1, 0.15) is 16.8 Å². The second-order valence-electron chi connectivity index (χ2n) is 4.13. The van der Waals surface area contributed by atoms with Gasteiger partial charge in [-0.1, -0.05) is 6.07 Å². The minimum Gasteiger partial charge on any atom is -0.481 e. The lowest BCUT2D eigenvalue weighted by atomic mass is 10.1. The zero-order valence-corrected chi connectivity index (χ0v) is 11.3. The number of nitrogens with zero attached hydrogens (tertiary/aromatic N) is 1. The van der Waals surface area contributed by atoms with Crippen LogP contribution in [0.4, 0.5) is 5.69 Å². The smallest absolute Gasteiger partial charge is 0.306 e. The van der Waals surface area contributed by atoms with Crippen molar-refractivity contribution in [2.75, 3.05) is 11.4 Å². The number of hydrogen-bond acceptors (Lipinski definition) is 4. The van der Waals surface area contributed by atoms with E-state index in [4.69, 9.17) is 5.11 Å². The largest absolute Gasteiger partial charge is 0.481 e. The molecule has 1 unspecified atom stereocenters. The van der Waals surface area contributed by atoms with E-state index in [1.807, 2.05) is 0 Å². The molecule has 0 aromatic heterocycles. The Kier molecular flexibility index (Phi) is 3.68. The van der Waals surface area contributed by atoms with E-state index in [9.17, 15) is 19.5 Å². The molecule has 1 aliphatic heterocycles. The van der Waals surface area contributed by atoms with E-state index in [0.717, 1.165) is 4.90 Å². The van der Waals surface area contributed by atoms with Crippen molar-refractivity contribution in [3.63, 3.8) is 0 Å². The van der Waals surface area contributed by atoms with Gasteiger partial charge >= 0.3 is 5.97 Å². The Balaban J connectivity index is 2.30. The number of aliphatic hydroxyl groups excluding tert-OH is 1. The number of anilines is 1.